The molecule has 0 aliphatic heterocycles. The van der Waals surface area contributed by atoms with Gasteiger partial charge in [0, 0.05) is 12.4 Å². The van der Waals surface area contributed by atoms with Crippen LogP contribution in [0.25, 0.3) is 0 Å². The Morgan fingerprint density at radius 2 is 2.00 bits per heavy atom. The summed E-state index contributed by atoms with van der Waals surface area (Å²) in [6.45, 7) is 4.14. The number of aromatic nitrogens is 2. The molecule has 1 atom stereocenters. The average Bonchev–Trinajstić information content (AvgIpc) is 2.43. The van der Waals surface area contributed by atoms with Crippen LogP contribution in [0.5, 0.6) is 0 Å². The van der Waals surface area contributed by atoms with Crippen molar-refractivity contribution in [2.75, 3.05) is 0 Å². The first-order valence-electron chi connectivity index (χ1n) is 6.58. The van der Waals surface area contributed by atoms with Crippen LogP contribution in [0.2, 0.25) is 0 Å². The Labute approximate surface area is 114 Å². The number of benzene rings is 1. The number of rotatable bonds is 5. The second-order valence-electron chi connectivity index (χ2n) is 4.71. The Bertz CT molecular complexity index is 522. The maximum absolute atomic E-state index is 5.67. The van der Waals surface area contributed by atoms with Gasteiger partial charge in [-0.3, -0.25) is 5.84 Å². The van der Waals surface area contributed by atoms with Gasteiger partial charge in [-0.2, -0.15) is 0 Å². The Morgan fingerprint density at radius 1 is 1.26 bits per heavy atom. The number of hydrogen-bond donors (Lipinski definition) is 2. The van der Waals surface area contributed by atoms with Crippen molar-refractivity contribution >= 4 is 0 Å². The van der Waals surface area contributed by atoms with Crippen molar-refractivity contribution < 1.29 is 0 Å². The van der Waals surface area contributed by atoms with Gasteiger partial charge < -0.3 is 0 Å². The lowest BCUT2D eigenvalue weighted by Crippen LogP contribution is -2.30. The third kappa shape index (κ3) is 3.36. The number of aryl methyl sites for hydroxylation is 2. The summed E-state index contributed by atoms with van der Waals surface area (Å²) in [4.78, 5) is 8.70. The van der Waals surface area contributed by atoms with E-state index in [-0.39, 0.29) is 6.04 Å². The molecule has 1 aromatic carbocycles. The van der Waals surface area contributed by atoms with E-state index in [2.05, 4.69) is 40.5 Å². The van der Waals surface area contributed by atoms with E-state index < -0.39 is 0 Å². The highest BCUT2D eigenvalue weighted by Gasteiger charge is 2.15. The molecule has 0 amide bonds. The van der Waals surface area contributed by atoms with Crippen molar-refractivity contribution in [3.05, 3.63) is 59.2 Å². The Balaban J connectivity index is 2.30. The van der Waals surface area contributed by atoms with E-state index >= 15 is 0 Å². The van der Waals surface area contributed by atoms with Gasteiger partial charge >= 0.3 is 0 Å². The molecule has 0 fully saturated rings. The van der Waals surface area contributed by atoms with E-state index in [9.17, 15) is 0 Å². The van der Waals surface area contributed by atoms with Crippen LogP contribution in [0.4, 0.5) is 0 Å². The Kier molecular flexibility index (Phi) is 4.60. The Morgan fingerprint density at radius 3 is 2.63 bits per heavy atom. The predicted molar refractivity (Wildman–Crippen MR) is 76.4 cm³/mol. The molecule has 1 aromatic heterocycles. The topological polar surface area (TPSA) is 63.8 Å². The molecule has 4 nitrogen and oxygen atoms in total. The standard InChI is InChI=1S/C15H20N4/c1-3-5-12-6-4-7-13(8-12)14(19-16)15-17-9-11(2)10-18-15/h4,6-10,14,19H,3,5,16H2,1-2H3. The first kappa shape index (κ1) is 13.6. The SMILES string of the molecule is CCCc1cccc(C(NN)c2ncc(C)cn2)c1. The van der Waals surface area contributed by atoms with Crippen LogP contribution in [-0.2, 0) is 6.42 Å². The minimum Gasteiger partial charge on any atom is -0.270 e. The Hall–Kier alpha value is -1.78. The highest BCUT2D eigenvalue weighted by Crippen LogP contribution is 2.19. The first-order valence-corrected chi connectivity index (χ1v) is 6.58. The number of hydrogen-bond acceptors (Lipinski definition) is 4. The van der Waals surface area contributed by atoms with Crippen LogP contribution >= 0.6 is 0 Å². The predicted octanol–water partition coefficient (Wildman–Crippen LogP) is 2.29. The van der Waals surface area contributed by atoms with Crippen molar-refractivity contribution in [3.63, 3.8) is 0 Å². The van der Waals surface area contributed by atoms with Crippen LogP contribution < -0.4 is 11.3 Å². The third-order valence-corrected chi connectivity index (χ3v) is 3.05. The number of hydrazine groups is 1. The van der Waals surface area contributed by atoms with E-state index in [1.807, 2.05) is 25.4 Å². The molecule has 2 aromatic rings. The first-order chi connectivity index (χ1) is 9.24. The van der Waals surface area contributed by atoms with E-state index in [4.69, 9.17) is 5.84 Å². The molecular weight excluding hydrogens is 236 g/mol. The molecule has 0 saturated heterocycles. The molecule has 3 N–H and O–H groups in total. The molecular formula is C15H20N4. The molecule has 1 heterocycles. The van der Waals surface area contributed by atoms with Gasteiger partial charge in [0.1, 0.15) is 6.04 Å². The molecule has 0 spiro atoms. The number of nitrogens with two attached hydrogens (primary N) is 1. The average molecular weight is 256 g/mol. The molecule has 0 bridgehead atoms. The van der Waals surface area contributed by atoms with Crippen LogP contribution in [0.1, 0.15) is 41.9 Å². The monoisotopic (exact) mass is 256 g/mol. The van der Waals surface area contributed by atoms with Gasteiger partial charge in [-0.25, -0.2) is 15.4 Å². The van der Waals surface area contributed by atoms with Crippen molar-refractivity contribution in [1.82, 2.24) is 15.4 Å². The molecule has 0 aliphatic rings. The highest BCUT2D eigenvalue weighted by molar-refractivity contribution is 5.29. The van der Waals surface area contributed by atoms with Crippen LogP contribution in [0.3, 0.4) is 0 Å². The minimum absolute atomic E-state index is 0.169. The summed E-state index contributed by atoms with van der Waals surface area (Å²) in [5.41, 5.74) is 6.25. The van der Waals surface area contributed by atoms with E-state index in [1.54, 1.807) is 0 Å². The number of nitrogens with zero attached hydrogens (tertiary/aromatic N) is 2. The quantitative estimate of drug-likeness (QED) is 0.636. The van der Waals surface area contributed by atoms with E-state index in [1.165, 1.54) is 5.56 Å². The minimum atomic E-state index is -0.169. The van der Waals surface area contributed by atoms with E-state index in [0.29, 0.717) is 5.82 Å². The molecule has 0 saturated carbocycles. The second kappa shape index (κ2) is 6.41. The van der Waals surface area contributed by atoms with Gasteiger partial charge in [-0.1, -0.05) is 37.6 Å². The van der Waals surface area contributed by atoms with Crippen molar-refractivity contribution in [3.8, 4) is 0 Å². The maximum Gasteiger partial charge on any atom is 0.150 e. The normalized spacial score (nSPS) is 12.4. The maximum atomic E-state index is 5.67. The largest absolute Gasteiger partial charge is 0.270 e. The van der Waals surface area contributed by atoms with Crippen molar-refractivity contribution in [2.24, 2.45) is 5.84 Å². The van der Waals surface area contributed by atoms with Crippen LogP contribution in [-0.4, -0.2) is 9.97 Å². The van der Waals surface area contributed by atoms with Gasteiger partial charge in [0.2, 0.25) is 0 Å². The molecule has 100 valence electrons. The second-order valence-corrected chi connectivity index (χ2v) is 4.71. The number of nitrogens with one attached hydrogen (secondary N) is 1. The van der Waals surface area contributed by atoms with Crippen LogP contribution in [0, 0.1) is 6.92 Å². The smallest absolute Gasteiger partial charge is 0.150 e. The fourth-order valence-electron chi connectivity index (χ4n) is 2.09. The fourth-order valence-corrected chi connectivity index (χ4v) is 2.09. The molecule has 19 heavy (non-hydrogen) atoms. The lowest BCUT2D eigenvalue weighted by molar-refractivity contribution is 0.600. The summed E-state index contributed by atoms with van der Waals surface area (Å²) in [7, 11) is 0. The lowest BCUT2D eigenvalue weighted by Gasteiger charge is -2.15. The summed E-state index contributed by atoms with van der Waals surface area (Å²) in [5.74, 6) is 6.36. The van der Waals surface area contributed by atoms with Crippen molar-refractivity contribution in [2.45, 2.75) is 32.7 Å². The molecule has 4 heteroatoms. The summed E-state index contributed by atoms with van der Waals surface area (Å²) in [6, 6.07) is 8.23. The zero-order valence-corrected chi connectivity index (χ0v) is 11.4. The van der Waals surface area contributed by atoms with Crippen molar-refractivity contribution in [1.29, 1.82) is 0 Å². The van der Waals surface area contributed by atoms with Gasteiger partial charge in [0.25, 0.3) is 0 Å². The zero-order chi connectivity index (χ0) is 13.7. The molecule has 0 radical (unpaired) electrons. The zero-order valence-electron chi connectivity index (χ0n) is 11.4. The van der Waals surface area contributed by atoms with Gasteiger partial charge in [0.15, 0.2) is 5.82 Å². The summed E-state index contributed by atoms with van der Waals surface area (Å²) >= 11 is 0. The third-order valence-electron chi connectivity index (χ3n) is 3.05. The molecule has 0 aliphatic carbocycles. The van der Waals surface area contributed by atoms with Gasteiger partial charge in [-0.15, -0.1) is 0 Å². The fraction of sp³-hybridized carbons (Fsp3) is 0.333. The summed E-state index contributed by atoms with van der Waals surface area (Å²) in [6.07, 6.45) is 5.82. The summed E-state index contributed by atoms with van der Waals surface area (Å²) in [5, 5.41) is 0. The molecule has 1 unspecified atom stereocenters. The lowest BCUT2D eigenvalue weighted by atomic mass is 10.0. The van der Waals surface area contributed by atoms with Gasteiger partial charge in [-0.05, 0) is 30.0 Å². The van der Waals surface area contributed by atoms with Crippen LogP contribution in [0.15, 0.2) is 36.7 Å². The summed E-state index contributed by atoms with van der Waals surface area (Å²) < 4.78 is 0. The molecule has 2 rings (SSSR count). The van der Waals surface area contributed by atoms with E-state index in [0.717, 1.165) is 24.0 Å². The highest BCUT2D eigenvalue weighted by atomic mass is 15.2. The van der Waals surface area contributed by atoms with Gasteiger partial charge in [0.05, 0.1) is 0 Å².